The van der Waals surface area contributed by atoms with Crippen LogP contribution in [-0.4, -0.2) is 27.8 Å². The van der Waals surface area contributed by atoms with Crippen molar-refractivity contribution in [3.63, 3.8) is 0 Å². The van der Waals surface area contributed by atoms with E-state index in [-0.39, 0.29) is 6.92 Å². The molecule has 0 unspecified atom stereocenters. The van der Waals surface area contributed by atoms with Crippen molar-refractivity contribution in [1.82, 2.24) is 14.5 Å². The first kappa shape index (κ1) is 18.1. The molecule has 0 fully saturated rings. The molecule has 0 saturated carbocycles. The summed E-state index contributed by atoms with van der Waals surface area (Å²) in [7, 11) is 1.65. The van der Waals surface area contributed by atoms with Gasteiger partial charge in [-0.2, -0.15) is 13.2 Å². The fourth-order valence-corrected chi connectivity index (χ4v) is 2.25. The normalized spacial score (nSPS) is 11.1. The SMILES string of the molecule is CC(F)(F)F.COc1ccc(-n2c(CCl)nc3ncccc32)cc1. The van der Waals surface area contributed by atoms with Crippen molar-refractivity contribution in [2.75, 3.05) is 7.11 Å². The maximum Gasteiger partial charge on any atom is 0.386 e. The lowest BCUT2D eigenvalue weighted by Gasteiger charge is -2.08. The summed E-state index contributed by atoms with van der Waals surface area (Å²) in [6.07, 6.45) is -2.27. The Morgan fingerprint density at radius 3 is 2.33 bits per heavy atom. The molecule has 3 aromatic rings. The van der Waals surface area contributed by atoms with Crippen LogP contribution >= 0.6 is 11.6 Å². The Bertz CT molecular complexity index is 794. The molecule has 0 amide bonds. The van der Waals surface area contributed by atoms with Gasteiger partial charge in [0.2, 0.25) is 0 Å². The first-order valence-corrected chi connectivity index (χ1v) is 7.46. The van der Waals surface area contributed by atoms with E-state index in [0.717, 1.165) is 22.8 Å². The molecule has 0 aliphatic heterocycles. The second-order valence-electron chi connectivity index (χ2n) is 4.82. The number of fused-ring (bicyclic) bond motifs is 1. The van der Waals surface area contributed by atoms with E-state index in [1.165, 1.54) is 0 Å². The van der Waals surface area contributed by atoms with Crippen molar-refractivity contribution < 1.29 is 17.9 Å². The van der Waals surface area contributed by atoms with Gasteiger partial charge in [0.25, 0.3) is 0 Å². The Morgan fingerprint density at radius 2 is 1.79 bits per heavy atom. The molecule has 2 aromatic heterocycles. The minimum Gasteiger partial charge on any atom is -0.497 e. The van der Waals surface area contributed by atoms with Crippen molar-refractivity contribution in [2.24, 2.45) is 0 Å². The van der Waals surface area contributed by atoms with E-state index in [1.54, 1.807) is 13.3 Å². The maximum atomic E-state index is 10.4. The molecule has 0 radical (unpaired) electrons. The van der Waals surface area contributed by atoms with Crippen LogP contribution in [0.3, 0.4) is 0 Å². The van der Waals surface area contributed by atoms with E-state index in [4.69, 9.17) is 16.3 Å². The van der Waals surface area contributed by atoms with E-state index in [2.05, 4.69) is 9.97 Å². The lowest BCUT2D eigenvalue weighted by molar-refractivity contribution is -0.110. The van der Waals surface area contributed by atoms with Gasteiger partial charge in [-0.15, -0.1) is 11.6 Å². The van der Waals surface area contributed by atoms with Crippen LogP contribution in [0.5, 0.6) is 5.75 Å². The molecule has 1 aromatic carbocycles. The average Bonchev–Trinajstić information content (AvgIpc) is 2.92. The first-order chi connectivity index (χ1) is 11.3. The fourth-order valence-electron chi connectivity index (χ4n) is 2.07. The van der Waals surface area contributed by atoms with Gasteiger partial charge in [0, 0.05) is 18.8 Å². The number of hydrogen-bond acceptors (Lipinski definition) is 3. The molecule has 0 aliphatic carbocycles. The number of hydrogen-bond donors (Lipinski definition) is 0. The van der Waals surface area contributed by atoms with Gasteiger partial charge >= 0.3 is 6.18 Å². The minimum absolute atomic E-state index is 0.188. The third-order valence-corrected chi connectivity index (χ3v) is 3.19. The number of aromatic nitrogens is 3. The highest BCUT2D eigenvalue weighted by Crippen LogP contribution is 2.23. The first-order valence-electron chi connectivity index (χ1n) is 6.93. The van der Waals surface area contributed by atoms with Gasteiger partial charge < -0.3 is 4.74 Å². The van der Waals surface area contributed by atoms with Crippen molar-refractivity contribution in [2.45, 2.75) is 19.0 Å². The lowest BCUT2D eigenvalue weighted by Crippen LogP contribution is -1.99. The van der Waals surface area contributed by atoms with Gasteiger partial charge in [-0.3, -0.25) is 4.57 Å². The van der Waals surface area contributed by atoms with Crippen LogP contribution < -0.4 is 4.74 Å². The predicted octanol–water partition coefficient (Wildman–Crippen LogP) is 4.74. The number of benzene rings is 1. The molecule has 0 saturated heterocycles. The fraction of sp³-hybridized carbons (Fsp3) is 0.250. The quantitative estimate of drug-likeness (QED) is 0.636. The van der Waals surface area contributed by atoms with E-state index in [1.807, 2.05) is 41.0 Å². The number of pyridine rings is 1. The number of alkyl halides is 4. The van der Waals surface area contributed by atoms with E-state index in [9.17, 15) is 13.2 Å². The third-order valence-electron chi connectivity index (χ3n) is 2.95. The number of rotatable bonds is 3. The summed E-state index contributed by atoms with van der Waals surface area (Å²) in [4.78, 5) is 8.69. The van der Waals surface area contributed by atoms with Crippen LogP contribution in [0.4, 0.5) is 13.2 Å². The molecule has 0 N–H and O–H groups in total. The largest absolute Gasteiger partial charge is 0.497 e. The third kappa shape index (κ3) is 4.61. The monoisotopic (exact) mass is 357 g/mol. The summed E-state index contributed by atoms with van der Waals surface area (Å²) in [5.74, 6) is 1.93. The molecule has 8 heteroatoms. The zero-order valence-corrected chi connectivity index (χ0v) is 13.8. The highest BCUT2D eigenvalue weighted by atomic mass is 35.5. The molecule has 0 spiro atoms. The van der Waals surface area contributed by atoms with E-state index in [0.29, 0.717) is 11.5 Å². The molecular formula is C16H15ClF3N3O. The van der Waals surface area contributed by atoms with Crippen LogP contribution in [-0.2, 0) is 5.88 Å². The number of ether oxygens (including phenoxy) is 1. The standard InChI is InChI=1S/C14H12ClN3O.C2H3F3/c1-19-11-6-4-10(5-7-11)18-12-3-2-8-16-14(12)17-13(18)9-15;1-2(3,4)5/h2-8H,9H2,1H3;1H3. The summed E-state index contributed by atoms with van der Waals surface area (Å²) >= 11 is 5.98. The zero-order chi connectivity index (χ0) is 17.7. The van der Waals surface area contributed by atoms with Crippen molar-refractivity contribution >= 4 is 22.8 Å². The van der Waals surface area contributed by atoms with Gasteiger partial charge in [-0.05, 0) is 36.4 Å². The van der Waals surface area contributed by atoms with Crippen molar-refractivity contribution in [1.29, 1.82) is 0 Å². The minimum atomic E-state index is -4.00. The molecular weight excluding hydrogens is 343 g/mol. The summed E-state index contributed by atoms with van der Waals surface area (Å²) < 4.78 is 38.2. The Labute approximate surface area is 141 Å². The molecule has 0 atom stereocenters. The molecule has 3 rings (SSSR count). The molecule has 2 heterocycles. The molecule has 0 aliphatic rings. The van der Waals surface area contributed by atoms with Gasteiger partial charge in [-0.1, -0.05) is 0 Å². The number of halogens is 4. The number of imidazole rings is 1. The van der Waals surface area contributed by atoms with Crippen molar-refractivity contribution in [3.05, 3.63) is 48.4 Å². The van der Waals surface area contributed by atoms with Gasteiger partial charge in [0.15, 0.2) is 5.65 Å². The molecule has 0 bridgehead atoms. The van der Waals surface area contributed by atoms with Gasteiger partial charge in [0.1, 0.15) is 11.6 Å². The summed E-state index contributed by atoms with van der Waals surface area (Å²) in [6, 6.07) is 11.6. The smallest absolute Gasteiger partial charge is 0.386 e. The van der Waals surface area contributed by atoms with Crippen LogP contribution in [0.25, 0.3) is 16.9 Å². The van der Waals surface area contributed by atoms with Gasteiger partial charge in [0.05, 0.1) is 18.5 Å². The predicted molar refractivity (Wildman–Crippen MR) is 86.7 cm³/mol. The number of methoxy groups -OCH3 is 1. The Balaban J connectivity index is 0.000000368. The topological polar surface area (TPSA) is 39.9 Å². The zero-order valence-electron chi connectivity index (χ0n) is 13.0. The van der Waals surface area contributed by atoms with E-state index >= 15 is 0 Å². The lowest BCUT2D eigenvalue weighted by atomic mass is 10.3. The second-order valence-corrected chi connectivity index (χ2v) is 5.09. The van der Waals surface area contributed by atoms with Crippen LogP contribution in [0.15, 0.2) is 42.6 Å². The summed E-state index contributed by atoms with van der Waals surface area (Å²) in [5, 5.41) is 0. The Morgan fingerprint density at radius 1 is 1.17 bits per heavy atom. The van der Waals surface area contributed by atoms with Gasteiger partial charge in [-0.25, -0.2) is 9.97 Å². The van der Waals surface area contributed by atoms with Crippen LogP contribution in [0.2, 0.25) is 0 Å². The van der Waals surface area contributed by atoms with Crippen LogP contribution in [0.1, 0.15) is 12.7 Å². The Hall–Kier alpha value is -2.28. The highest BCUT2D eigenvalue weighted by Gasteiger charge is 2.15. The summed E-state index contributed by atoms with van der Waals surface area (Å²) in [6.45, 7) is 0.188. The Kier molecular flexibility index (Phi) is 5.66. The van der Waals surface area contributed by atoms with Crippen molar-refractivity contribution in [3.8, 4) is 11.4 Å². The molecule has 24 heavy (non-hydrogen) atoms. The number of nitrogens with zero attached hydrogens (tertiary/aromatic N) is 3. The summed E-state index contributed by atoms with van der Waals surface area (Å²) in [5.41, 5.74) is 2.64. The second kappa shape index (κ2) is 7.53. The molecule has 4 nitrogen and oxygen atoms in total. The highest BCUT2D eigenvalue weighted by molar-refractivity contribution is 6.16. The maximum absolute atomic E-state index is 10.4. The van der Waals surface area contributed by atoms with E-state index < -0.39 is 6.18 Å². The average molecular weight is 358 g/mol. The molecule has 128 valence electrons. The van der Waals surface area contributed by atoms with Crippen LogP contribution in [0, 0.1) is 0 Å².